The summed E-state index contributed by atoms with van der Waals surface area (Å²) in [7, 11) is 1.63. The highest BCUT2D eigenvalue weighted by molar-refractivity contribution is 7.10. The third kappa shape index (κ3) is 5.67. The molecule has 0 bridgehead atoms. The Morgan fingerprint density at radius 2 is 1.72 bits per heavy atom. The van der Waals surface area contributed by atoms with Crippen molar-refractivity contribution in [1.29, 1.82) is 0 Å². The molecule has 0 saturated carbocycles. The summed E-state index contributed by atoms with van der Waals surface area (Å²) in [5.41, 5.74) is 1.74. The smallest absolute Gasteiger partial charge is 0.416 e. The molecule has 2 aliphatic rings. The molecule has 3 heterocycles. The maximum absolute atomic E-state index is 13.5. The van der Waals surface area contributed by atoms with Crippen molar-refractivity contribution in [3.63, 3.8) is 0 Å². The van der Waals surface area contributed by atoms with Crippen LogP contribution in [0.1, 0.15) is 44.9 Å². The zero-order valence-electron chi connectivity index (χ0n) is 21.8. The molecule has 0 radical (unpaired) electrons. The number of alkyl halides is 3. The lowest BCUT2D eigenvalue weighted by atomic mass is 9.93. The molecular weight excluding hydrogens is 527 g/mol. The zero-order valence-corrected chi connectivity index (χ0v) is 22.6. The molecule has 0 unspecified atom stereocenters. The number of amides is 2. The summed E-state index contributed by atoms with van der Waals surface area (Å²) < 4.78 is 44.0. The van der Waals surface area contributed by atoms with E-state index < -0.39 is 11.7 Å². The number of hydrogen-bond donors (Lipinski definition) is 0. The molecule has 1 saturated heterocycles. The second kappa shape index (κ2) is 11.0. The molecule has 206 valence electrons. The standard InChI is InChI=1S/C29H30F3N3O3S/c1-19-17-33(14-15-35(19)28(37)21-3-7-22(8-4-21)29(30,31)32)26(36)18-34-13-11-25-24(12-16-39-25)27(34)20-5-9-23(38-2)10-6-20/h3-10,12,16,19,27H,11,13-15,17-18H2,1-2H3/t19-,27+/m0/s1. The SMILES string of the molecule is COc1ccc([C@@H]2c3ccsc3CCN2CC(=O)N2CCN(C(=O)c3ccc(C(F)(F)F)cc3)[C@@H](C)C2)cc1. The van der Waals surface area contributed by atoms with E-state index in [-0.39, 0.29) is 36.0 Å². The summed E-state index contributed by atoms with van der Waals surface area (Å²) in [5.74, 6) is 0.449. The third-order valence-electron chi connectivity index (χ3n) is 7.54. The average molecular weight is 558 g/mol. The van der Waals surface area contributed by atoms with Crippen LogP contribution >= 0.6 is 11.3 Å². The van der Waals surface area contributed by atoms with Crippen molar-refractivity contribution in [3.8, 4) is 5.75 Å². The summed E-state index contributed by atoms with van der Waals surface area (Å²) in [6.07, 6.45) is -3.56. The molecule has 2 amide bonds. The van der Waals surface area contributed by atoms with Gasteiger partial charge in [0.15, 0.2) is 0 Å². The van der Waals surface area contributed by atoms with Crippen molar-refractivity contribution >= 4 is 23.2 Å². The monoisotopic (exact) mass is 557 g/mol. The number of rotatable bonds is 5. The van der Waals surface area contributed by atoms with E-state index in [1.54, 1.807) is 28.2 Å². The summed E-state index contributed by atoms with van der Waals surface area (Å²) in [5, 5.41) is 2.10. The summed E-state index contributed by atoms with van der Waals surface area (Å²) >= 11 is 1.74. The van der Waals surface area contributed by atoms with Gasteiger partial charge in [-0.1, -0.05) is 12.1 Å². The zero-order chi connectivity index (χ0) is 27.7. The number of fused-ring (bicyclic) bond motifs is 1. The molecule has 10 heteroatoms. The van der Waals surface area contributed by atoms with E-state index in [9.17, 15) is 22.8 Å². The number of carbonyl (C=O) groups is 2. The molecule has 2 aliphatic heterocycles. The van der Waals surface area contributed by atoms with Crippen LogP contribution in [0, 0.1) is 0 Å². The summed E-state index contributed by atoms with van der Waals surface area (Å²) in [6.45, 7) is 3.95. The molecular formula is C29H30F3N3O3S. The van der Waals surface area contributed by atoms with E-state index in [0.717, 1.165) is 36.4 Å². The number of carbonyl (C=O) groups excluding carboxylic acids is 2. The van der Waals surface area contributed by atoms with Crippen molar-refractivity contribution in [2.24, 2.45) is 0 Å². The second-order valence-electron chi connectivity index (χ2n) is 9.96. The third-order valence-corrected chi connectivity index (χ3v) is 8.53. The van der Waals surface area contributed by atoms with Crippen LogP contribution in [0.3, 0.4) is 0 Å². The molecule has 0 N–H and O–H groups in total. The van der Waals surface area contributed by atoms with E-state index in [2.05, 4.69) is 16.3 Å². The van der Waals surface area contributed by atoms with Crippen molar-refractivity contribution in [2.75, 3.05) is 39.8 Å². The van der Waals surface area contributed by atoms with Gasteiger partial charge in [-0.3, -0.25) is 14.5 Å². The molecule has 6 nitrogen and oxygen atoms in total. The van der Waals surface area contributed by atoms with Crippen LogP contribution < -0.4 is 4.74 Å². The van der Waals surface area contributed by atoms with Gasteiger partial charge in [0.05, 0.1) is 25.3 Å². The van der Waals surface area contributed by atoms with Gasteiger partial charge >= 0.3 is 6.18 Å². The number of ether oxygens (including phenoxy) is 1. The quantitative estimate of drug-likeness (QED) is 0.438. The first-order chi connectivity index (χ1) is 18.7. The molecule has 2 aromatic carbocycles. The van der Waals surface area contributed by atoms with Gasteiger partial charge in [-0.05, 0) is 72.3 Å². The van der Waals surface area contributed by atoms with Gasteiger partial charge in [-0.2, -0.15) is 13.2 Å². The molecule has 39 heavy (non-hydrogen) atoms. The van der Waals surface area contributed by atoms with Gasteiger partial charge in [0, 0.05) is 42.7 Å². The van der Waals surface area contributed by atoms with Crippen molar-refractivity contribution in [2.45, 2.75) is 31.6 Å². The molecule has 1 fully saturated rings. The topological polar surface area (TPSA) is 53.1 Å². The first-order valence-corrected chi connectivity index (χ1v) is 13.7. The van der Waals surface area contributed by atoms with Gasteiger partial charge in [-0.15, -0.1) is 11.3 Å². The fourth-order valence-corrected chi connectivity index (χ4v) is 6.35. The van der Waals surface area contributed by atoms with Crippen LogP contribution in [-0.4, -0.2) is 72.4 Å². The highest BCUT2D eigenvalue weighted by atomic mass is 32.1. The minimum Gasteiger partial charge on any atom is -0.497 e. The first kappa shape index (κ1) is 27.2. The van der Waals surface area contributed by atoms with E-state index in [4.69, 9.17) is 4.74 Å². The van der Waals surface area contributed by atoms with Crippen LogP contribution in [-0.2, 0) is 17.4 Å². The molecule has 3 aromatic rings. The van der Waals surface area contributed by atoms with Crippen LogP contribution in [0.25, 0.3) is 0 Å². The lowest BCUT2D eigenvalue weighted by Gasteiger charge is -2.42. The maximum Gasteiger partial charge on any atom is 0.416 e. The second-order valence-corrected chi connectivity index (χ2v) is 11.0. The number of halogens is 3. The fourth-order valence-electron chi connectivity index (χ4n) is 5.44. The Morgan fingerprint density at radius 3 is 2.36 bits per heavy atom. The normalized spacial score (nSPS) is 20.0. The van der Waals surface area contributed by atoms with Crippen LogP contribution in [0.15, 0.2) is 60.0 Å². The molecule has 5 rings (SSSR count). The Labute approximate surface area is 229 Å². The van der Waals surface area contributed by atoms with E-state index in [1.165, 1.54) is 22.6 Å². The molecule has 0 spiro atoms. The lowest BCUT2D eigenvalue weighted by molar-refractivity contribution is -0.137. The van der Waals surface area contributed by atoms with Crippen molar-refractivity contribution in [1.82, 2.24) is 14.7 Å². The Balaban J connectivity index is 1.25. The highest BCUT2D eigenvalue weighted by Gasteiger charge is 2.35. The summed E-state index contributed by atoms with van der Waals surface area (Å²) in [6, 6.07) is 14.1. The molecule has 2 atom stereocenters. The van der Waals surface area contributed by atoms with Gasteiger partial charge in [0.25, 0.3) is 5.91 Å². The lowest BCUT2D eigenvalue weighted by Crippen LogP contribution is -2.57. The first-order valence-electron chi connectivity index (χ1n) is 12.9. The van der Waals surface area contributed by atoms with E-state index in [1.807, 2.05) is 31.2 Å². The van der Waals surface area contributed by atoms with Gasteiger partial charge in [0.2, 0.25) is 5.91 Å². The maximum atomic E-state index is 13.5. The summed E-state index contributed by atoms with van der Waals surface area (Å²) in [4.78, 5) is 33.5. The minimum atomic E-state index is -4.45. The number of thiophene rings is 1. The Morgan fingerprint density at radius 1 is 1.00 bits per heavy atom. The Bertz CT molecular complexity index is 1320. The van der Waals surface area contributed by atoms with Gasteiger partial charge < -0.3 is 14.5 Å². The highest BCUT2D eigenvalue weighted by Crippen LogP contribution is 2.38. The van der Waals surface area contributed by atoms with Gasteiger partial charge in [0.1, 0.15) is 5.75 Å². The molecule has 1 aromatic heterocycles. The van der Waals surface area contributed by atoms with Crippen LogP contribution in [0.5, 0.6) is 5.75 Å². The van der Waals surface area contributed by atoms with E-state index in [0.29, 0.717) is 19.6 Å². The molecule has 0 aliphatic carbocycles. The fraction of sp³-hybridized carbons (Fsp3) is 0.379. The van der Waals surface area contributed by atoms with Crippen LogP contribution in [0.2, 0.25) is 0 Å². The van der Waals surface area contributed by atoms with Crippen LogP contribution in [0.4, 0.5) is 13.2 Å². The van der Waals surface area contributed by atoms with E-state index >= 15 is 0 Å². The number of benzene rings is 2. The Kier molecular flexibility index (Phi) is 7.68. The van der Waals surface area contributed by atoms with Crippen molar-refractivity contribution in [3.05, 3.63) is 87.1 Å². The predicted molar refractivity (Wildman–Crippen MR) is 143 cm³/mol. The van der Waals surface area contributed by atoms with Crippen molar-refractivity contribution < 1.29 is 27.5 Å². The van der Waals surface area contributed by atoms with Gasteiger partial charge in [-0.25, -0.2) is 0 Å². The number of piperazine rings is 1. The number of methoxy groups -OCH3 is 1. The largest absolute Gasteiger partial charge is 0.497 e. The number of nitrogens with zero attached hydrogens (tertiary/aromatic N) is 3. The number of hydrogen-bond acceptors (Lipinski definition) is 5. The predicted octanol–water partition coefficient (Wildman–Crippen LogP) is 5.10. The average Bonchev–Trinajstić information content (AvgIpc) is 3.41. The Hall–Kier alpha value is -3.37. The minimum absolute atomic E-state index is 0.000621.